The first-order chi connectivity index (χ1) is 12.7. The van der Waals surface area contributed by atoms with E-state index in [-0.39, 0.29) is 17.8 Å². The van der Waals surface area contributed by atoms with Crippen LogP contribution >= 0.6 is 26.0 Å². The lowest BCUT2D eigenvalue weighted by Crippen LogP contribution is -2.12. The van der Waals surface area contributed by atoms with Gasteiger partial charge in [0.05, 0.1) is 12.2 Å². The van der Waals surface area contributed by atoms with Crippen LogP contribution in [-0.4, -0.2) is 40.7 Å². The number of aromatic nitrogens is 2. The summed E-state index contributed by atoms with van der Waals surface area (Å²) in [6.07, 6.45) is -2.72. The molecule has 2 rings (SSSR count). The first-order valence-electron chi connectivity index (χ1n) is 7.94. The van der Waals surface area contributed by atoms with Gasteiger partial charge in [0.25, 0.3) is 0 Å². The highest BCUT2D eigenvalue weighted by Gasteiger charge is 2.38. The van der Waals surface area contributed by atoms with Crippen molar-refractivity contribution in [2.24, 2.45) is 0 Å². The molecular formula is C17H19BrF6N2OS. The zero-order valence-electron chi connectivity index (χ0n) is 15.3. The zero-order valence-corrected chi connectivity index (χ0v) is 17.7. The van der Waals surface area contributed by atoms with Crippen LogP contribution in [0.25, 0.3) is 11.4 Å². The fraction of sp³-hybridized carbons (Fsp3) is 0.471. The molecule has 1 aromatic heterocycles. The summed E-state index contributed by atoms with van der Waals surface area (Å²) >= 11 is 2.96. The molecule has 0 aliphatic rings. The molecule has 0 spiro atoms. The van der Waals surface area contributed by atoms with Crippen LogP contribution in [0.1, 0.15) is 11.3 Å². The van der Waals surface area contributed by atoms with E-state index in [9.17, 15) is 26.3 Å². The van der Waals surface area contributed by atoms with Crippen molar-refractivity contribution in [3.05, 3.63) is 40.1 Å². The molecule has 0 saturated heterocycles. The molecule has 0 radical (unpaired) electrons. The van der Waals surface area contributed by atoms with Gasteiger partial charge in [0.2, 0.25) is 0 Å². The highest BCUT2D eigenvalue weighted by Crippen LogP contribution is 2.40. The minimum atomic E-state index is -4.79. The summed E-state index contributed by atoms with van der Waals surface area (Å²) in [4.78, 5) is 3.43. The maximum atomic E-state index is 13.4. The van der Waals surface area contributed by atoms with Crippen molar-refractivity contribution in [1.82, 2.24) is 9.55 Å². The minimum Gasteiger partial charge on any atom is -0.360 e. The van der Waals surface area contributed by atoms with E-state index in [1.54, 1.807) is 0 Å². The quantitative estimate of drug-likeness (QED) is 0.364. The number of imidazole rings is 1. The van der Waals surface area contributed by atoms with E-state index >= 15 is 0 Å². The fourth-order valence-corrected chi connectivity index (χ4v) is 3.26. The Bertz CT molecular complexity index is 827. The molecule has 158 valence electrons. The van der Waals surface area contributed by atoms with Gasteiger partial charge in [0, 0.05) is 22.0 Å². The van der Waals surface area contributed by atoms with Crippen molar-refractivity contribution >= 4 is 26.0 Å². The van der Waals surface area contributed by atoms with E-state index in [1.807, 2.05) is 0 Å². The smallest absolute Gasteiger partial charge is 0.360 e. The SMILES string of the molecule is CS(C)(C)CCOCn1cc(C(F)(F)F)nc1-c1ccc(Br)cc1C(F)(F)F. The Kier molecular flexibility index (Phi) is 6.82. The summed E-state index contributed by atoms with van der Waals surface area (Å²) in [6.45, 7) is -0.0500. The van der Waals surface area contributed by atoms with Crippen molar-refractivity contribution in [3.63, 3.8) is 0 Å². The van der Waals surface area contributed by atoms with Gasteiger partial charge in [0.1, 0.15) is 12.6 Å². The largest absolute Gasteiger partial charge is 0.434 e. The van der Waals surface area contributed by atoms with Crippen LogP contribution < -0.4 is 0 Å². The van der Waals surface area contributed by atoms with Crippen molar-refractivity contribution in [2.45, 2.75) is 19.1 Å². The number of hydrogen-bond acceptors (Lipinski definition) is 2. The molecule has 28 heavy (non-hydrogen) atoms. The second-order valence-electron chi connectivity index (χ2n) is 6.94. The summed E-state index contributed by atoms with van der Waals surface area (Å²) in [5.74, 6) is 0.269. The molecule has 0 fully saturated rings. The van der Waals surface area contributed by atoms with Gasteiger partial charge in [-0.05, 0) is 37.0 Å². The number of benzene rings is 1. The van der Waals surface area contributed by atoms with E-state index in [1.165, 1.54) is 6.07 Å². The lowest BCUT2D eigenvalue weighted by atomic mass is 10.1. The lowest BCUT2D eigenvalue weighted by molar-refractivity contribution is -0.141. The third-order valence-corrected chi connectivity index (χ3v) is 5.55. The molecule has 11 heteroatoms. The zero-order chi connectivity index (χ0) is 21.3. The van der Waals surface area contributed by atoms with Gasteiger partial charge >= 0.3 is 12.4 Å². The average Bonchev–Trinajstić information content (AvgIpc) is 2.94. The number of rotatable bonds is 6. The lowest BCUT2D eigenvalue weighted by Gasteiger charge is -2.24. The standard InChI is InChI=1S/C17H19BrF6N2OS/c1-28(2,3)7-6-27-10-26-9-14(17(22,23)24)25-15(26)12-5-4-11(18)8-13(12)16(19,20)21/h4-5,8-9H,6-7,10H2,1-3H3. The van der Waals surface area contributed by atoms with E-state index < -0.39 is 45.0 Å². The molecule has 0 N–H and O–H groups in total. The minimum absolute atomic E-state index is 0.155. The van der Waals surface area contributed by atoms with Gasteiger partial charge in [-0.2, -0.15) is 26.3 Å². The van der Waals surface area contributed by atoms with Gasteiger partial charge < -0.3 is 9.30 Å². The van der Waals surface area contributed by atoms with Crippen LogP contribution in [0.15, 0.2) is 28.9 Å². The highest BCUT2D eigenvalue weighted by molar-refractivity contribution is 9.10. The summed E-state index contributed by atoms with van der Waals surface area (Å²) in [6, 6.07) is 3.22. The Hall–Kier alpha value is -1.20. The van der Waals surface area contributed by atoms with E-state index in [4.69, 9.17) is 4.74 Å². The fourth-order valence-electron chi connectivity index (χ4n) is 2.28. The van der Waals surface area contributed by atoms with Gasteiger partial charge in [-0.25, -0.2) is 15.0 Å². The Morgan fingerprint density at radius 2 is 1.71 bits per heavy atom. The normalized spacial score (nSPS) is 13.8. The second kappa shape index (κ2) is 8.27. The molecule has 3 nitrogen and oxygen atoms in total. The van der Waals surface area contributed by atoms with E-state index in [0.717, 1.165) is 22.5 Å². The van der Waals surface area contributed by atoms with Crippen LogP contribution in [0, 0.1) is 0 Å². The Balaban J connectivity index is 2.45. The maximum Gasteiger partial charge on any atom is 0.434 e. The Morgan fingerprint density at radius 1 is 1.07 bits per heavy atom. The Labute approximate surface area is 168 Å². The second-order valence-corrected chi connectivity index (χ2v) is 12.4. The van der Waals surface area contributed by atoms with Gasteiger partial charge in [0.15, 0.2) is 5.69 Å². The molecule has 0 amide bonds. The monoisotopic (exact) mass is 492 g/mol. The van der Waals surface area contributed by atoms with Gasteiger partial charge in [-0.1, -0.05) is 15.9 Å². The highest BCUT2D eigenvalue weighted by atomic mass is 79.9. The first kappa shape index (κ1) is 23.1. The van der Waals surface area contributed by atoms with Crippen LogP contribution in [0.4, 0.5) is 26.3 Å². The molecule has 1 heterocycles. The third-order valence-electron chi connectivity index (χ3n) is 3.67. The molecule has 0 unspecified atom stereocenters. The van der Waals surface area contributed by atoms with Crippen LogP contribution in [0.5, 0.6) is 0 Å². The van der Waals surface area contributed by atoms with E-state index in [2.05, 4.69) is 39.7 Å². The third kappa shape index (κ3) is 6.15. The topological polar surface area (TPSA) is 27.1 Å². The molecule has 0 saturated carbocycles. The first-order valence-corrected chi connectivity index (χ1v) is 11.8. The molecule has 0 aliphatic carbocycles. The van der Waals surface area contributed by atoms with Crippen LogP contribution in [0.2, 0.25) is 0 Å². The predicted octanol–water partition coefficient (Wildman–Crippen LogP) is 6.02. The molecule has 0 atom stereocenters. The predicted molar refractivity (Wildman–Crippen MR) is 102 cm³/mol. The summed E-state index contributed by atoms with van der Waals surface area (Å²) < 4.78 is 86.1. The van der Waals surface area contributed by atoms with Gasteiger partial charge in [-0.15, -0.1) is 0 Å². The van der Waals surface area contributed by atoms with Crippen LogP contribution in [0.3, 0.4) is 0 Å². The summed E-state index contributed by atoms with van der Waals surface area (Å²) in [5, 5.41) is 0. The number of alkyl halides is 6. The summed E-state index contributed by atoms with van der Waals surface area (Å²) in [7, 11) is -0.874. The van der Waals surface area contributed by atoms with E-state index in [0.29, 0.717) is 6.20 Å². The number of ether oxygens (including phenoxy) is 1. The van der Waals surface area contributed by atoms with Crippen LogP contribution in [-0.2, 0) is 23.8 Å². The Morgan fingerprint density at radius 3 is 2.25 bits per heavy atom. The maximum absolute atomic E-state index is 13.4. The number of hydrogen-bond donors (Lipinski definition) is 0. The molecule has 0 bridgehead atoms. The van der Waals surface area contributed by atoms with Crippen molar-refractivity contribution in [3.8, 4) is 11.4 Å². The number of halogens is 7. The molecule has 1 aromatic carbocycles. The van der Waals surface area contributed by atoms with Gasteiger partial charge in [-0.3, -0.25) is 0 Å². The molecular weight excluding hydrogens is 474 g/mol. The molecule has 0 aliphatic heterocycles. The molecule has 2 aromatic rings. The number of nitrogens with zero attached hydrogens (tertiary/aromatic N) is 2. The van der Waals surface area contributed by atoms with Crippen molar-refractivity contribution < 1.29 is 31.1 Å². The average molecular weight is 493 g/mol. The summed E-state index contributed by atoms with van der Waals surface area (Å²) in [5.41, 5.74) is -2.80. The van der Waals surface area contributed by atoms with Crippen molar-refractivity contribution in [2.75, 3.05) is 31.1 Å². The van der Waals surface area contributed by atoms with Crippen molar-refractivity contribution in [1.29, 1.82) is 0 Å².